The lowest BCUT2D eigenvalue weighted by Gasteiger charge is -2.31. The zero-order valence-electron chi connectivity index (χ0n) is 21.7. The molecule has 10 nitrogen and oxygen atoms in total. The number of carbonyl (C=O) groups excluding carboxylic acids is 3. The number of furan rings is 1. The summed E-state index contributed by atoms with van der Waals surface area (Å²) in [5, 5.41) is 7.00. The number of fused-ring (bicyclic) bond motifs is 1. The average molecular weight is 583 g/mol. The van der Waals surface area contributed by atoms with Crippen molar-refractivity contribution in [2.24, 2.45) is 5.92 Å². The Bertz CT molecular complexity index is 1490. The Kier molecular flexibility index (Phi) is 8.36. The van der Waals surface area contributed by atoms with Gasteiger partial charge in [-0.1, -0.05) is 12.1 Å². The monoisotopic (exact) mass is 582 g/mol. The minimum absolute atomic E-state index is 0.0925. The van der Waals surface area contributed by atoms with E-state index in [0.717, 1.165) is 23.3 Å². The van der Waals surface area contributed by atoms with Gasteiger partial charge in [-0.2, -0.15) is 0 Å². The van der Waals surface area contributed by atoms with E-state index >= 15 is 0 Å². The largest absolute Gasteiger partial charge is 0.465 e. The van der Waals surface area contributed by atoms with Gasteiger partial charge < -0.3 is 20.0 Å². The van der Waals surface area contributed by atoms with Crippen molar-refractivity contribution in [3.8, 4) is 0 Å². The van der Waals surface area contributed by atoms with Crippen molar-refractivity contribution in [3.05, 3.63) is 71.5 Å². The Hall–Kier alpha value is -3.90. The fourth-order valence-corrected chi connectivity index (χ4v) is 7.53. The molecule has 1 aromatic carbocycles. The molecule has 1 saturated heterocycles. The molecule has 4 heterocycles. The van der Waals surface area contributed by atoms with Crippen LogP contribution in [0, 0.1) is 5.92 Å². The molecule has 2 aliphatic heterocycles. The van der Waals surface area contributed by atoms with E-state index in [9.17, 15) is 22.8 Å². The summed E-state index contributed by atoms with van der Waals surface area (Å²) in [5.74, 6) is -0.917. The first-order valence-corrected chi connectivity index (χ1v) is 15.4. The average Bonchev–Trinajstić information content (AvgIpc) is 3.70. The summed E-state index contributed by atoms with van der Waals surface area (Å²) in [5.41, 5.74) is 1.73. The highest BCUT2D eigenvalue weighted by Crippen LogP contribution is 2.35. The quantitative estimate of drug-likeness (QED) is 0.324. The highest BCUT2D eigenvalue weighted by molar-refractivity contribution is 7.94. The molecule has 1 fully saturated rings. The first-order valence-electron chi connectivity index (χ1n) is 13.1. The van der Waals surface area contributed by atoms with Crippen molar-refractivity contribution in [1.82, 2.24) is 10.2 Å². The smallest absolute Gasteiger partial charge is 0.313 e. The Balaban J connectivity index is 1.12. The number of hydrogen-bond acceptors (Lipinski definition) is 7. The van der Waals surface area contributed by atoms with E-state index in [0.29, 0.717) is 62.6 Å². The van der Waals surface area contributed by atoms with E-state index in [1.807, 2.05) is 0 Å². The van der Waals surface area contributed by atoms with Gasteiger partial charge in [-0.05, 0) is 79.0 Å². The van der Waals surface area contributed by atoms with Crippen molar-refractivity contribution in [3.63, 3.8) is 0 Å². The predicted molar refractivity (Wildman–Crippen MR) is 152 cm³/mol. The standard InChI is InChI=1S/C28H30N4O6S2/c33-25(10-9-23-5-2-16-38-23)31-14-11-20(12-15-31)19-29-27(34)28(35)30-22-8-7-21-4-1-13-32(24(21)18-22)40(36,37)26-6-3-17-39-26/h2-3,5-10,16-18,20H,1,4,11-15,19H2,(H,29,34)(H,30,35)/b10-9+. The molecule has 0 aliphatic carbocycles. The van der Waals surface area contributed by atoms with Crippen LogP contribution in [0.3, 0.4) is 0 Å². The third-order valence-corrected chi connectivity index (χ3v) is 10.3. The molecule has 40 heavy (non-hydrogen) atoms. The molecule has 3 aromatic rings. The second-order valence-electron chi connectivity index (χ2n) is 9.74. The van der Waals surface area contributed by atoms with Gasteiger partial charge in [0, 0.05) is 37.9 Å². The SMILES string of the molecule is O=C(NCC1CCN(C(=O)/C=C/c2ccco2)CC1)C(=O)Nc1ccc2c(c1)N(S(=O)(=O)c1cccs1)CCC2. The lowest BCUT2D eigenvalue weighted by molar-refractivity contribution is -0.136. The Morgan fingerprint density at radius 3 is 2.60 bits per heavy atom. The number of amides is 3. The predicted octanol–water partition coefficient (Wildman–Crippen LogP) is 3.49. The van der Waals surface area contributed by atoms with E-state index in [1.165, 1.54) is 10.4 Å². The first kappa shape index (κ1) is 27.7. The number of aryl methyl sites for hydroxylation is 1. The molecule has 3 amide bonds. The molecule has 0 bridgehead atoms. The van der Waals surface area contributed by atoms with E-state index in [1.54, 1.807) is 65.1 Å². The van der Waals surface area contributed by atoms with Gasteiger partial charge in [0.1, 0.15) is 9.97 Å². The molecular weight excluding hydrogens is 552 g/mol. The van der Waals surface area contributed by atoms with Crippen LogP contribution in [0.4, 0.5) is 11.4 Å². The van der Waals surface area contributed by atoms with Crippen LogP contribution in [-0.4, -0.2) is 57.2 Å². The van der Waals surface area contributed by atoms with Gasteiger partial charge in [0.15, 0.2) is 0 Å². The number of hydrogen-bond donors (Lipinski definition) is 2. The molecule has 0 saturated carbocycles. The van der Waals surface area contributed by atoms with Crippen LogP contribution in [0.2, 0.25) is 0 Å². The van der Waals surface area contributed by atoms with Gasteiger partial charge in [0.25, 0.3) is 10.0 Å². The lowest BCUT2D eigenvalue weighted by Crippen LogP contribution is -2.43. The number of benzene rings is 1. The van der Waals surface area contributed by atoms with E-state index < -0.39 is 21.8 Å². The fraction of sp³-hybridized carbons (Fsp3) is 0.321. The molecular formula is C28H30N4O6S2. The zero-order chi connectivity index (χ0) is 28.1. The Morgan fingerprint density at radius 2 is 1.88 bits per heavy atom. The second kappa shape index (κ2) is 12.1. The third-order valence-electron chi connectivity index (χ3n) is 7.08. The summed E-state index contributed by atoms with van der Waals surface area (Å²) >= 11 is 1.16. The molecule has 0 unspecified atom stereocenters. The number of thiophene rings is 1. The van der Waals surface area contributed by atoms with Crippen molar-refractivity contribution >= 4 is 56.5 Å². The molecule has 2 aliphatic rings. The molecule has 0 spiro atoms. The summed E-state index contributed by atoms with van der Waals surface area (Å²) in [4.78, 5) is 39.3. The van der Waals surface area contributed by atoms with Crippen LogP contribution in [0.25, 0.3) is 6.08 Å². The highest BCUT2D eigenvalue weighted by Gasteiger charge is 2.30. The third kappa shape index (κ3) is 6.28. The molecule has 5 rings (SSSR count). The molecule has 12 heteroatoms. The van der Waals surface area contributed by atoms with Gasteiger partial charge in [0.2, 0.25) is 5.91 Å². The summed E-state index contributed by atoms with van der Waals surface area (Å²) in [6.45, 7) is 1.80. The lowest BCUT2D eigenvalue weighted by atomic mass is 9.96. The Morgan fingerprint density at radius 1 is 1.05 bits per heavy atom. The molecule has 2 N–H and O–H groups in total. The summed E-state index contributed by atoms with van der Waals surface area (Å²) < 4.78 is 33.2. The summed E-state index contributed by atoms with van der Waals surface area (Å²) in [6.07, 6.45) is 7.51. The van der Waals surface area contributed by atoms with Gasteiger partial charge in [0.05, 0.1) is 12.0 Å². The maximum absolute atomic E-state index is 13.2. The van der Waals surface area contributed by atoms with Gasteiger partial charge in [-0.25, -0.2) is 8.42 Å². The van der Waals surface area contributed by atoms with Crippen LogP contribution in [-0.2, 0) is 30.8 Å². The highest BCUT2D eigenvalue weighted by atomic mass is 32.2. The number of nitrogens with one attached hydrogen (secondary N) is 2. The van der Waals surface area contributed by atoms with Gasteiger partial charge in [-0.15, -0.1) is 11.3 Å². The van der Waals surface area contributed by atoms with Crippen molar-refractivity contribution in [1.29, 1.82) is 0 Å². The van der Waals surface area contributed by atoms with Crippen LogP contribution in [0.5, 0.6) is 0 Å². The topological polar surface area (TPSA) is 129 Å². The van der Waals surface area contributed by atoms with Crippen molar-refractivity contribution < 1.29 is 27.2 Å². The first-order chi connectivity index (χ1) is 19.3. The normalized spacial score (nSPS) is 16.1. The summed E-state index contributed by atoms with van der Waals surface area (Å²) in [7, 11) is -3.71. The van der Waals surface area contributed by atoms with Crippen molar-refractivity contribution in [2.75, 3.05) is 35.8 Å². The van der Waals surface area contributed by atoms with E-state index in [4.69, 9.17) is 4.42 Å². The Labute approximate surface area is 236 Å². The number of carbonyl (C=O) groups is 3. The van der Waals surface area contributed by atoms with Crippen LogP contribution in [0.1, 0.15) is 30.6 Å². The van der Waals surface area contributed by atoms with Crippen LogP contribution < -0.4 is 14.9 Å². The van der Waals surface area contributed by atoms with Crippen molar-refractivity contribution in [2.45, 2.75) is 29.9 Å². The number of sulfonamides is 1. The number of rotatable bonds is 7. The molecule has 0 radical (unpaired) electrons. The second-order valence-corrected chi connectivity index (χ2v) is 12.8. The van der Waals surface area contributed by atoms with E-state index in [2.05, 4.69) is 10.6 Å². The number of nitrogens with zero attached hydrogens (tertiary/aromatic N) is 2. The fourth-order valence-electron chi connectivity index (χ4n) is 4.89. The molecule has 0 atom stereocenters. The minimum Gasteiger partial charge on any atom is -0.465 e. The van der Waals surface area contributed by atoms with Crippen LogP contribution in [0.15, 0.2) is 68.8 Å². The summed E-state index contributed by atoms with van der Waals surface area (Å²) in [6, 6.07) is 11.9. The molecule has 210 valence electrons. The van der Waals surface area contributed by atoms with Gasteiger partial charge >= 0.3 is 11.8 Å². The van der Waals surface area contributed by atoms with E-state index in [-0.39, 0.29) is 16.0 Å². The molecule has 2 aromatic heterocycles. The maximum Gasteiger partial charge on any atom is 0.313 e. The minimum atomic E-state index is -3.71. The zero-order valence-corrected chi connectivity index (χ0v) is 23.4. The van der Waals surface area contributed by atoms with Gasteiger partial charge in [-0.3, -0.25) is 18.7 Å². The number of piperidine rings is 1. The number of likely N-dealkylation sites (tertiary alicyclic amines) is 1. The van der Waals surface area contributed by atoms with Crippen LogP contribution >= 0.6 is 11.3 Å². The number of anilines is 2. The maximum atomic E-state index is 13.2.